The van der Waals surface area contributed by atoms with Crippen molar-refractivity contribution in [3.05, 3.63) is 58.1 Å². The van der Waals surface area contributed by atoms with Crippen LogP contribution in [0.1, 0.15) is 30.1 Å². The Bertz CT molecular complexity index is 1020. The molecule has 168 valence electrons. The van der Waals surface area contributed by atoms with E-state index in [0.29, 0.717) is 5.56 Å². The Labute approximate surface area is 182 Å². The third kappa shape index (κ3) is 6.95. The van der Waals surface area contributed by atoms with Gasteiger partial charge in [0.15, 0.2) is 9.84 Å². The maximum absolute atomic E-state index is 12.3. The Kier molecular flexibility index (Phi) is 8.38. The third-order valence-electron chi connectivity index (χ3n) is 4.74. The molecule has 9 nitrogen and oxygen atoms in total. The number of nitro benzene ring substituents is 1. The van der Waals surface area contributed by atoms with Gasteiger partial charge in [0, 0.05) is 50.3 Å². The number of nitrogens with zero attached hydrogens (tertiary/aromatic N) is 2. The summed E-state index contributed by atoms with van der Waals surface area (Å²) < 4.78 is 23.2. The molecule has 0 aliphatic carbocycles. The highest BCUT2D eigenvalue weighted by atomic mass is 32.2. The number of anilines is 2. The molecule has 0 aliphatic heterocycles. The van der Waals surface area contributed by atoms with Crippen LogP contribution in [0.5, 0.6) is 0 Å². The van der Waals surface area contributed by atoms with E-state index in [1.807, 2.05) is 19.2 Å². The van der Waals surface area contributed by atoms with Gasteiger partial charge in [0.1, 0.15) is 5.69 Å². The molecule has 0 aliphatic rings. The molecule has 2 rings (SSSR count). The molecule has 0 aromatic heterocycles. The van der Waals surface area contributed by atoms with Crippen LogP contribution in [0.3, 0.4) is 0 Å². The van der Waals surface area contributed by atoms with Crippen LogP contribution in [0, 0.1) is 10.1 Å². The quantitative estimate of drug-likeness (QED) is 0.308. The first-order valence-electron chi connectivity index (χ1n) is 9.95. The molecule has 0 heterocycles. The van der Waals surface area contributed by atoms with E-state index in [1.165, 1.54) is 12.1 Å². The second-order valence-electron chi connectivity index (χ2n) is 7.21. The van der Waals surface area contributed by atoms with Gasteiger partial charge in [0.05, 0.1) is 9.82 Å². The fraction of sp³-hybridized carbons (Fsp3) is 0.381. The lowest BCUT2D eigenvalue weighted by Gasteiger charge is -2.19. The van der Waals surface area contributed by atoms with E-state index in [-0.39, 0.29) is 35.3 Å². The minimum absolute atomic E-state index is 0.123. The predicted octanol–water partition coefficient (Wildman–Crippen LogP) is 3.08. The highest BCUT2D eigenvalue weighted by molar-refractivity contribution is 7.90. The Morgan fingerprint density at radius 2 is 1.81 bits per heavy atom. The van der Waals surface area contributed by atoms with Crippen LogP contribution in [0.4, 0.5) is 17.1 Å². The number of hydrogen-bond donors (Lipinski definition) is 2. The fourth-order valence-corrected chi connectivity index (χ4v) is 3.55. The van der Waals surface area contributed by atoms with Crippen molar-refractivity contribution in [1.29, 1.82) is 0 Å². The van der Waals surface area contributed by atoms with Gasteiger partial charge in [-0.25, -0.2) is 8.42 Å². The molecule has 0 radical (unpaired) electrons. The van der Waals surface area contributed by atoms with Crippen LogP contribution in [0.25, 0.3) is 0 Å². The van der Waals surface area contributed by atoms with E-state index in [0.717, 1.165) is 37.4 Å². The standard InChI is InChI=1S/C21H28N4O5S/c1-4-5-14-24(2)17-8-6-16(7-9-17)21(26)23-13-12-22-19-11-10-18(31(3,29)30)15-20(19)25(27)28/h6-11,15,22H,4-5,12-14H2,1-3H3,(H,23,26). The molecule has 0 saturated carbocycles. The number of unbranched alkanes of at least 4 members (excludes halogenated alkanes) is 1. The van der Waals surface area contributed by atoms with Gasteiger partial charge >= 0.3 is 0 Å². The van der Waals surface area contributed by atoms with Crippen LogP contribution < -0.4 is 15.5 Å². The topological polar surface area (TPSA) is 122 Å². The molecule has 0 atom stereocenters. The number of nitrogens with one attached hydrogen (secondary N) is 2. The number of rotatable bonds is 11. The summed E-state index contributed by atoms with van der Waals surface area (Å²) in [4.78, 5) is 24.9. The number of benzene rings is 2. The van der Waals surface area contributed by atoms with Crippen molar-refractivity contribution in [1.82, 2.24) is 5.32 Å². The average molecular weight is 449 g/mol. The van der Waals surface area contributed by atoms with E-state index in [4.69, 9.17) is 0 Å². The number of hydrogen-bond acceptors (Lipinski definition) is 7. The first-order valence-corrected chi connectivity index (χ1v) is 11.8. The minimum atomic E-state index is -3.55. The molecule has 0 saturated heterocycles. The second kappa shape index (κ2) is 10.8. The third-order valence-corrected chi connectivity index (χ3v) is 5.85. The molecule has 0 fully saturated rings. The predicted molar refractivity (Wildman–Crippen MR) is 122 cm³/mol. The van der Waals surface area contributed by atoms with Crippen molar-refractivity contribution < 1.29 is 18.1 Å². The van der Waals surface area contributed by atoms with Crippen LogP contribution in [0.15, 0.2) is 47.4 Å². The van der Waals surface area contributed by atoms with E-state index in [1.54, 1.807) is 12.1 Å². The van der Waals surface area contributed by atoms with Gasteiger partial charge in [-0.1, -0.05) is 13.3 Å². The molecule has 0 spiro atoms. The van der Waals surface area contributed by atoms with Crippen LogP contribution in [-0.4, -0.2) is 52.2 Å². The van der Waals surface area contributed by atoms with E-state index in [2.05, 4.69) is 22.5 Å². The van der Waals surface area contributed by atoms with Crippen molar-refractivity contribution in [3.8, 4) is 0 Å². The Hall–Kier alpha value is -3.14. The second-order valence-corrected chi connectivity index (χ2v) is 9.23. The maximum atomic E-state index is 12.3. The first kappa shape index (κ1) is 24.1. The summed E-state index contributed by atoms with van der Waals surface area (Å²) in [5.41, 5.74) is 1.41. The largest absolute Gasteiger partial charge is 0.378 e. The van der Waals surface area contributed by atoms with Crippen molar-refractivity contribution in [2.45, 2.75) is 24.7 Å². The number of amides is 1. The van der Waals surface area contributed by atoms with Crippen molar-refractivity contribution in [2.24, 2.45) is 0 Å². The van der Waals surface area contributed by atoms with Crippen LogP contribution >= 0.6 is 0 Å². The van der Waals surface area contributed by atoms with Gasteiger partial charge < -0.3 is 15.5 Å². The van der Waals surface area contributed by atoms with Crippen LogP contribution in [0.2, 0.25) is 0 Å². The lowest BCUT2D eigenvalue weighted by molar-refractivity contribution is -0.384. The molecule has 31 heavy (non-hydrogen) atoms. The molecule has 0 bridgehead atoms. The maximum Gasteiger partial charge on any atom is 0.293 e. The van der Waals surface area contributed by atoms with Crippen molar-refractivity contribution in [2.75, 3.05) is 43.2 Å². The Morgan fingerprint density at radius 1 is 1.13 bits per heavy atom. The highest BCUT2D eigenvalue weighted by Crippen LogP contribution is 2.27. The molecular formula is C21H28N4O5S. The molecule has 0 unspecified atom stereocenters. The summed E-state index contributed by atoms with van der Waals surface area (Å²) in [5, 5.41) is 16.9. The lowest BCUT2D eigenvalue weighted by atomic mass is 10.2. The monoisotopic (exact) mass is 448 g/mol. The summed E-state index contributed by atoms with van der Waals surface area (Å²) in [6.45, 7) is 3.56. The number of carbonyl (C=O) groups excluding carboxylic acids is 1. The van der Waals surface area contributed by atoms with Gasteiger partial charge in [-0.3, -0.25) is 14.9 Å². The van der Waals surface area contributed by atoms with Gasteiger partial charge in [-0.15, -0.1) is 0 Å². The molecular weight excluding hydrogens is 420 g/mol. The summed E-state index contributed by atoms with van der Waals surface area (Å²) in [5.74, 6) is -0.244. The normalized spacial score (nSPS) is 11.1. The number of nitro groups is 1. The van der Waals surface area contributed by atoms with Gasteiger partial charge in [-0.05, 0) is 42.8 Å². The highest BCUT2D eigenvalue weighted by Gasteiger charge is 2.18. The Balaban J connectivity index is 1.91. The average Bonchev–Trinajstić information content (AvgIpc) is 2.74. The van der Waals surface area contributed by atoms with Gasteiger partial charge in [0.2, 0.25) is 0 Å². The van der Waals surface area contributed by atoms with Gasteiger partial charge in [0.25, 0.3) is 11.6 Å². The first-order chi connectivity index (χ1) is 14.6. The fourth-order valence-electron chi connectivity index (χ4n) is 2.91. The van der Waals surface area contributed by atoms with Crippen molar-refractivity contribution >= 4 is 32.8 Å². The van der Waals surface area contributed by atoms with Gasteiger partial charge in [-0.2, -0.15) is 0 Å². The smallest absolute Gasteiger partial charge is 0.293 e. The summed E-state index contributed by atoms with van der Waals surface area (Å²) in [6, 6.07) is 11.0. The molecule has 2 aromatic rings. The SMILES string of the molecule is CCCCN(C)c1ccc(C(=O)NCCNc2ccc(S(C)(=O)=O)cc2[N+](=O)[O-])cc1. The zero-order valence-corrected chi connectivity index (χ0v) is 18.7. The van der Waals surface area contributed by atoms with E-state index >= 15 is 0 Å². The number of sulfone groups is 1. The minimum Gasteiger partial charge on any atom is -0.378 e. The molecule has 1 amide bonds. The summed E-state index contributed by atoms with van der Waals surface area (Å²) >= 11 is 0. The molecule has 2 N–H and O–H groups in total. The summed E-state index contributed by atoms with van der Waals surface area (Å²) in [7, 11) is -1.54. The summed E-state index contributed by atoms with van der Waals surface area (Å²) in [6.07, 6.45) is 3.20. The van der Waals surface area contributed by atoms with Crippen molar-refractivity contribution in [3.63, 3.8) is 0 Å². The lowest BCUT2D eigenvalue weighted by Crippen LogP contribution is -2.29. The van der Waals surface area contributed by atoms with E-state index in [9.17, 15) is 23.3 Å². The number of carbonyl (C=O) groups is 1. The molecule has 10 heteroatoms. The zero-order valence-electron chi connectivity index (χ0n) is 17.9. The Morgan fingerprint density at radius 3 is 2.39 bits per heavy atom. The van der Waals surface area contributed by atoms with E-state index < -0.39 is 14.8 Å². The van der Waals surface area contributed by atoms with Crippen LogP contribution in [-0.2, 0) is 9.84 Å². The molecule has 2 aromatic carbocycles. The zero-order chi connectivity index (χ0) is 23.0.